The SMILES string of the molecule is O=C1OC(c2ccccc2)(c2ccc(-c3ccc(F)cc3)cc2)C(O)=C1O. The average molecular weight is 362 g/mol. The van der Waals surface area contributed by atoms with Crippen molar-refractivity contribution in [1.82, 2.24) is 0 Å². The van der Waals surface area contributed by atoms with Crippen molar-refractivity contribution in [3.8, 4) is 11.1 Å². The van der Waals surface area contributed by atoms with E-state index >= 15 is 0 Å². The number of aliphatic hydroxyl groups excluding tert-OH is 2. The third-order valence-corrected chi connectivity index (χ3v) is 4.65. The number of benzene rings is 3. The van der Waals surface area contributed by atoms with Crippen molar-refractivity contribution in [1.29, 1.82) is 0 Å². The standard InChI is InChI=1S/C22H15FO4/c23-18-12-8-15(9-13-18)14-6-10-17(11-7-14)22(16-4-2-1-3-5-16)20(25)19(24)21(26)27-22/h1-13,24-25H. The van der Waals surface area contributed by atoms with E-state index in [-0.39, 0.29) is 5.82 Å². The quantitative estimate of drug-likeness (QED) is 0.667. The minimum absolute atomic E-state index is 0.318. The molecule has 3 aromatic carbocycles. The van der Waals surface area contributed by atoms with Crippen molar-refractivity contribution in [2.75, 3.05) is 0 Å². The molecule has 0 saturated heterocycles. The molecule has 0 radical (unpaired) electrons. The fourth-order valence-corrected chi connectivity index (χ4v) is 3.27. The van der Waals surface area contributed by atoms with Gasteiger partial charge in [-0.3, -0.25) is 0 Å². The molecule has 1 atom stereocenters. The molecule has 4 nitrogen and oxygen atoms in total. The number of hydrogen-bond donors (Lipinski definition) is 2. The van der Waals surface area contributed by atoms with Crippen LogP contribution in [0.2, 0.25) is 0 Å². The lowest BCUT2D eigenvalue weighted by molar-refractivity contribution is -0.147. The Hall–Kier alpha value is -3.60. The summed E-state index contributed by atoms with van der Waals surface area (Å²) in [5, 5.41) is 20.4. The van der Waals surface area contributed by atoms with Crippen LogP contribution < -0.4 is 0 Å². The first-order valence-electron chi connectivity index (χ1n) is 8.30. The van der Waals surface area contributed by atoms with Crippen LogP contribution in [0.4, 0.5) is 4.39 Å². The molecule has 0 aromatic heterocycles. The first-order chi connectivity index (χ1) is 13.0. The summed E-state index contributed by atoms with van der Waals surface area (Å²) in [4.78, 5) is 11.9. The van der Waals surface area contributed by atoms with Crippen molar-refractivity contribution in [3.05, 3.63) is 107 Å². The van der Waals surface area contributed by atoms with Gasteiger partial charge in [0.15, 0.2) is 5.76 Å². The molecule has 1 aliphatic heterocycles. The number of carbonyl (C=O) groups is 1. The van der Waals surface area contributed by atoms with Gasteiger partial charge in [0, 0.05) is 11.1 Å². The van der Waals surface area contributed by atoms with E-state index in [1.165, 1.54) is 12.1 Å². The van der Waals surface area contributed by atoms with Crippen LogP contribution in [0.3, 0.4) is 0 Å². The van der Waals surface area contributed by atoms with E-state index in [4.69, 9.17) is 4.74 Å². The van der Waals surface area contributed by atoms with Gasteiger partial charge >= 0.3 is 5.97 Å². The van der Waals surface area contributed by atoms with Crippen LogP contribution in [0, 0.1) is 5.82 Å². The largest absolute Gasteiger partial charge is 0.504 e. The zero-order chi connectivity index (χ0) is 19.0. The monoisotopic (exact) mass is 362 g/mol. The lowest BCUT2D eigenvalue weighted by Gasteiger charge is -2.29. The van der Waals surface area contributed by atoms with E-state index in [0.717, 1.165) is 11.1 Å². The molecule has 4 rings (SSSR count). The summed E-state index contributed by atoms with van der Waals surface area (Å²) in [5.74, 6) is -2.66. The molecule has 134 valence electrons. The Labute approximate surface area is 154 Å². The molecule has 5 heteroatoms. The van der Waals surface area contributed by atoms with Crippen molar-refractivity contribution in [2.24, 2.45) is 0 Å². The topological polar surface area (TPSA) is 66.8 Å². The van der Waals surface area contributed by atoms with Gasteiger partial charge in [-0.25, -0.2) is 9.18 Å². The average Bonchev–Trinajstić information content (AvgIpc) is 2.94. The number of esters is 1. The Morgan fingerprint density at radius 2 is 1.26 bits per heavy atom. The Morgan fingerprint density at radius 1 is 0.741 bits per heavy atom. The minimum Gasteiger partial charge on any atom is -0.504 e. The molecule has 1 unspecified atom stereocenters. The highest BCUT2D eigenvalue weighted by Gasteiger charge is 2.51. The maximum atomic E-state index is 13.1. The van der Waals surface area contributed by atoms with Gasteiger partial charge in [0.25, 0.3) is 0 Å². The van der Waals surface area contributed by atoms with E-state index in [9.17, 15) is 19.4 Å². The molecule has 0 aliphatic carbocycles. The summed E-state index contributed by atoms with van der Waals surface area (Å²) in [7, 11) is 0. The highest BCUT2D eigenvalue weighted by molar-refractivity contribution is 5.91. The molecule has 27 heavy (non-hydrogen) atoms. The number of ether oxygens (including phenoxy) is 1. The summed E-state index contributed by atoms with van der Waals surface area (Å²) >= 11 is 0. The molecular weight excluding hydrogens is 347 g/mol. The van der Waals surface area contributed by atoms with E-state index in [1.807, 2.05) is 0 Å². The van der Waals surface area contributed by atoms with Gasteiger partial charge in [-0.1, -0.05) is 66.7 Å². The Bertz CT molecular complexity index is 1020. The van der Waals surface area contributed by atoms with Crippen molar-refractivity contribution in [2.45, 2.75) is 5.60 Å². The summed E-state index contributed by atoms with van der Waals surface area (Å²) in [6, 6.07) is 21.8. The zero-order valence-corrected chi connectivity index (χ0v) is 14.1. The number of carbonyl (C=O) groups excluding carboxylic acids is 1. The normalized spacial score (nSPS) is 19.2. The Kier molecular flexibility index (Phi) is 3.92. The molecule has 0 amide bonds. The van der Waals surface area contributed by atoms with E-state index in [2.05, 4.69) is 0 Å². The van der Waals surface area contributed by atoms with Gasteiger partial charge in [0.1, 0.15) is 5.82 Å². The number of rotatable bonds is 3. The summed E-state index contributed by atoms with van der Waals surface area (Å²) < 4.78 is 18.6. The molecule has 3 aromatic rings. The molecule has 0 saturated carbocycles. The highest BCUT2D eigenvalue weighted by Crippen LogP contribution is 2.45. The molecule has 0 spiro atoms. The van der Waals surface area contributed by atoms with Crippen molar-refractivity contribution >= 4 is 5.97 Å². The van der Waals surface area contributed by atoms with Crippen LogP contribution in [0.15, 0.2) is 90.4 Å². The third kappa shape index (κ3) is 2.64. The third-order valence-electron chi connectivity index (χ3n) is 4.65. The predicted molar refractivity (Wildman–Crippen MR) is 97.4 cm³/mol. The van der Waals surface area contributed by atoms with Crippen LogP contribution in [-0.4, -0.2) is 16.2 Å². The maximum Gasteiger partial charge on any atom is 0.378 e. The lowest BCUT2D eigenvalue weighted by atomic mass is 9.84. The molecule has 1 aliphatic rings. The predicted octanol–water partition coefficient (Wildman–Crippen LogP) is 4.62. The van der Waals surface area contributed by atoms with Crippen molar-refractivity contribution < 1.29 is 24.1 Å². The zero-order valence-electron chi connectivity index (χ0n) is 14.1. The van der Waals surface area contributed by atoms with E-state index < -0.39 is 23.1 Å². The summed E-state index contributed by atoms with van der Waals surface area (Å²) in [6.07, 6.45) is 0. The second-order valence-electron chi connectivity index (χ2n) is 6.22. The van der Waals surface area contributed by atoms with Gasteiger partial charge in [0.05, 0.1) is 0 Å². The summed E-state index contributed by atoms with van der Waals surface area (Å²) in [6.45, 7) is 0. The van der Waals surface area contributed by atoms with Crippen LogP contribution in [0.25, 0.3) is 11.1 Å². The number of hydrogen-bond acceptors (Lipinski definition) is 4. The van der Waals surface area contributed by atoms with E-state index in [0.29, 0.717) is 11.1 Å². The highest BCUT2D eigenvalue weighted by atomic mass is 19.1. The number of cyclic esters (lactones) is 1. The summed E-state index contributed by atoms with van der Waals surface area (Å²) in [5.41, 5.74) is 1.04. The number of aliphatic hydroxyl groups is 2. The van der Waals surface area contributed by atoms with Crippen LogP contribution in [0.5, 0.6) is 0 Å². The Balaban J connectivity index is 1.83. The number of halogens is 1. The van der Waals surface area contributed by atoms with Gasteiger partial charge in [-0.15, -0.1) is 0 Å². The molecule has 1 heterocycles. The first kappa shape index (κ1) is 16.8. The molecule has 0 bridgehead atoms. The van der Waals surface area contributed by atoms with Gasteiger partial charge in [0.2, 0.25) is 11.4 Å². The minimum atomic E-state index is -1.61. The first-order valence-corrected chi connectivity index (χ1v) is 8.30. The second kappa shape index (κ2) is 6.29. The molecule has 2 N–H and O–H groups in total. The van der Waals surface area contributed by atoms with Crippen molar-refractivity contribution in [3.63, 3.8) is 0 Å². The van der Waals surface area contributed by atoms with Gasteiger partial charge in [-0.05, 0) is 23.3 Å². The van der Waals surface area contributed by atoms with E-state index in [1.54, 1.807) is 66.7 Å². The fraction of sp³-hybridized carbons (Fsp3) is 0.0455. The van der Waals surface area contributed by atoms with Crippen LogP contribution in [-0.2, 0) is 15.1 Å². The molecular formula is C22H15FO4. The smallest absolute Gasteiger partial charge is 0.378 e. The lowest BCUT2D eigenvalue weighted by Crippen LogP contribution is -2.30. The fourth-order valence-electron chi connectivity index (χ4n) is 3.27. The Morgan fingerprint density at radius 3 is 1.78 bits per heavy atom. The van der Waals surface area contributed by atoms with Gasteiger partial charge < -0.3 is 14.9 Å². The van der Waals surface area contributed by atoms with Crippen LogP contribution in [0.1, 0.15) is 11.1 Å². The van der Waals surface area contributed by atoms with Crippen LogP contribution >= 0.6 is 0 Å². The maximum absolute atomic E-state index is 13.1. The molecule has 0 fully saturated rings. The second-order valence-corrected chi connectivity index (χ2v) is 6.22. The van der Waals surface area contributed by atoms with Gasteiger partial charge in [-0.2, -0.15) is 0 Å².